The third kappa shape index (κ3) is 2.31. The van der Waals surface area contributed by atoms with Crippen molar-refractivity contribution in [2.75, 3.05) is 7.11 Å². The minimum atomic E-state index is -1.16. The largest absolute Gasteiger partial charge is 0.465 e. The standard InChI is InChI=1S/C14H9F3O2/c1-19-14(18)10-6-2-4-8(12(10)16)9-5-3-7-11(15)13(9)17/h2-7H,1H3. The maximum absolute atomic E-state index is 14.1. The number of carbonyl (C=O) groups is 1. The smallest absolute Gasteiger partial charge is 0.340 e. The molecule has 0 saturated carbocycles. The maximum Gasteiger partial charge on any atom is 0.340 e. The summed E-state index contributed by atoms with van der Waals surface area (Å²) in [5.74, 6) is -4.07. The third-order valence-corrected chi connectivity index (χ3v) is 2.65. The van der Waals surface area contributed by atoms with Crippen LogP contribution in [0.3, 0.4) is 0 Å². The highest BCUT2D eigenvalue weighted by molar-refractivity contribution is 5.91. The molecule has 0 aliphatic rings. The molecule has 0 heterocycles. The first kappa shape index (κ1) is 13.1. The molecule has 2 aromatic carbocycles. The molecule has 2 nitrogen and oxygen atoms in total. The van der Waals surface area contributed by atoms with Crippen molar-refractivity contribution in [3.05, 3.63) is 59.4 Å². The van der Waals surface area contributed by atoms with Crippen molar-refractivity contribution in [2.24, 2.45) is 0 Å². The topological polar surface area (TPSA) is 26.3 Å². The summed E-state index contributed by atoms with van der Waals surface area (Å²) in [6, 6.07) is 7.27. The summed E-state index contributed by atoms with van der Waals surface area (Å²) < 4.78 is 45.3. The SMILES string of the molecule is COC(=O)c1cccc(-c2cccc(F)c2F)c1F. The molecule has 0 aliphatic heterocycles. The Balaban J connectivity index is 2.64. The molecular weight excluding hydrogens is 257 g/mol. The second kappa shape index (κ2) is 5.14. The van der Waals surface area contributed by atoms with Crippen LogP contribution in [0.25, 0.3) is 11.1 Å². The summed E-state index contributed by atoms with van der Waals surface area (Å²) in [7, 11) is 1.11. The number of methoxy groups -OCH3 is 1. The first-order valence-corrected chi connectivity index (χ1v) is 5.37. The van der Waals surface area contributed by atoms with Crippen LogP contribution >= 0.6 is 0 Å². The first-order chi connectivity index (χ1) is 9.06. The zero-order chi connectivity index (χ0) is 14.0. The molecule has 0 unspecified atom stereocenters. The van der Waals surface area contributed by atoms with E-state index in [4.69, 9.17) is 0 Å². The zero-order valence-corrected chi connectivity index (χ0v) is 9.91. The van der Waals surface area contributed by atoms with Crippen LogP contribution in [0.2, 0.25) is 0 Å². The number of benzene rings is 2. The lowest BCUT2D eigenvalue weighted by Gasteiger charge is -2.08. The van der Waals surface area contributed by atoms with E-state index in [0.717, 1.165) is 13.2 Å². The Morgan fingerprint density at radius 3 is 2.16 bits per heavy atom. The van der Waals surface area contributed by atoms with Gasteiger partial charge in [0.15, 0.2) is 11.6 Å². The van der Waals surface area contributed by atoms with Gasteiger partial charge in [0.25, 0.3) is 0 Å². The van der Waals surface area contributed by atoms with E-state index in [-0.39, 0.29) is 16.7 Å². The number of hydrogen-bond acceptors (Lipinski definition) is 2. The van der Waals surface area contributed by atoms with E-state index < -0.39 is 23.4 Å². The van der Waals surface area contributed by atoms with Gasteiger partial charge in [-0.25, -0.2) is 18.0 Å². The molecule has 2 aromatic rings. The Kier molecular flexibility index (Phi) is 3.55. The number of rotatable bonds is 2. The zero-order valence-electron chi connectivity index (χ0n) is 9.91. The second-order valence-electron chi connectivity index (χ2n) is 3.76. The number of hydrogen-bond donors (Lipinski definition) is 0. The molecule has 0 N–H and O–H groups in total. The molecule has 0 fully saturated rings. The van der Waals surface area contributed by atoms with Gasteiger partial charge < -0.3 is 4.74 Å². The van der Waals surface area contributed by atoms with Gasteiger partial charge in [0.05, 0.1) is 12.7 Å². The lowest BCUT2D eigenvalue weighted by molar-refractivity contribution is 0.0595. The van der Waals surface area contributed by atoms with Gasteiger partial charge in [0.1, 0.15) is 5.82 Å². The van der Waals surface area contributed by atoms with Crippen molar-refractivity contribution in [3.63, 3.8) is 0 Å². The Morgan fingerprint density at radius 1 is 0.947 bits per heavy atom. The van der Waals surface area contributed by atoms with Crippen LogP contribution in [-0.2, 0) is 4.74 Å². The average Bonchev–Trinajstić information content (AvgIpc) is 2.42. The Bertz CT molecular complexity index is 639. The number of ether oxygens (including phenoxy) is 1. The Morgan fingerprint density at radius 2 is 1.53 bits per heavy atom. The van der Waals surface area contributed by atoms with Gasteiger partial charge in [-0.2, -0.15) is 0 Å². The van der Waals surface area contributed by atoms with Crippen molar-refractivity contribution in [1.29, 1.82) is 0 Å². The Hall–Kier alpha value is -2.30. The Labute approximate surface area is 107 Å². The van der Waals surface area contributed by atoms with Crippen LogP contribution in [0.15, 0.2) is 36.4 Å². The van der Waals surface area contributed by atoms with E-state index in [1.807, 2.05) is 0 Å². The van der Waals surface area contributed by atoms with Crippen molar-refractivity contribution in [2.45, 2.75) is 0 Å². The van der Waals surface area contributed by atoms with Crippen molar-refractivity contribution in [3.8, 4) is 11.1 Å². The van der Waals surface area contributed by atoms with E-state index >= 15 is 0 Å². The van der Waals surface area contributed by atoms with Crippen molar-refractivity contribution >= 4 is 5.97 Å². The molecule has 0 saturated heterocycles. The molecule has 0 aromatic heterocycles. The summed E-state index contributed by atoms with van der Waals surface area (Å²) >= 11 is 0. The molecule has 0 aliphatic carbocycles. The van der Waals surface area contributed by atoms with Gasteiger partial charge in [-0.1, -0.05) is 24.3 Å². The normalized spacial score (nSPS) is 10.3. The fourth-order valence-electron chi connectivity index (χ4n) is 1.72. The van der Waals surface area contributed by atoms with Crippen LogP contribution < -0.4 is 0 Å². The van der Waals surface area contributed by atoms with Crippen LogP contribution in [0.1, 0.15) is 10.4 Å². The highest BCUT2D eigenvalue weighted by Gasteiger charge is 2.19. The minimum Gasteiger partial charge on any atom is -0.465 e. The van der Waals surface area contributed by atoms with Crippen LogP contribution in [0, 0.1) is 17.5 Å². The summed E-state index contributed by atoms with van der Waals surface area (Å²) in [6.07, 6.45) is 0. The van der Waals surface area contributed by atoms with Gasteiger partial charge in [-0.15, -0.1) is 0 Å². The summed E-state index contributed by atoms with van der Waals surface area (Å²) in [6.45, 7) is 0. The van der Waals surface area contributed by atoms with Gasteiger partial charge in [-0.05, 0) is 12.1 Å². The van der Waals surface area contributed by atoms with Crippen LogP contribution in [-0.4, -0.2) is 13.1 Å². The summed E-state index contributed by atoms with van der Waals surface area (Å²) in [5, 5.41) is 0. The molecule has 0 spiro atoms. The third-order valence-electron chi connectivity index (χ3n) is 2.65. The van der Waals surface area contributed by atoms with Crippen LogP contribution in [0.4, 0.5) is 13.2 Å². The molecule has 0 atom stereocenters. The van der Waals surface area contributed by atoms with Gasteiger partial charge in [0, 0.05) is 11.1 Å². The highest BCUT2D eigenvalue weighted by Crippen LogP contribution is 2.28. The lowest BCUT2D eigenvalue weighted by Crippen LogP contribution is -2.05. The van der Waals surface area contributed by atoms with E-state index in [1.165, 1.54) is 30.3 Å². The van der Waals surface area contributed by atoms with Crippen molar-refractivity contribution in [1.82, 2.24) is 0 Å². The number of halogens is 3. The van der Waals surface area contributed by atoms with E-state index in [1.54, 1.807) is 0 Å². The number of carbonyl (C=O) groups excluding carboxylic acids is 1. The summed E-state index contributed by atoms with van der Waals surface area (Å²) in [4.78, 5) is 11.3. The number of esters is 1. The van der Waals surface area contributed by atoms with E-state index in [9.17, 15) is 18.0 Å². The monoisotopic (exact) mass is 266 g/mol. The fourth-order valence-corrected chi connectivity index (χ4v) is 1.72. The molecular formula is C14H9F3O2. The van der Waals surface area contributed by atoms with Gasteiger partial charge in [-0.3, -0.25) is 0 Å². The fraction of sp³-hybridized carbons (Fsp3) is 0.0714. The lowest BCUT2D eigenvalue weighted by atomic mass is 10.0. The van der Waals surface area contributed by atoms with E-state index in [2.05, 4.69) is 4.74 Å². The maximum atomic E-state index is 14.1. The molecule has 5 heteroatoms. The quantitative estimate of drug-likeness (QED) is 0.777. The minimum absolute atomic E-state index is 0.195. The van der Waals surface area contributed by atoms with Gasteiger partial charge >= 0.3 is 5.97 Å². The van der Waals surface area contributed by atoms with Crippen molar-refractivity contribution < 1.29 is 22.7 Å². The highest BCUT2D eigenvalue weighted by atomic mass is 19.2. The van der Waals surface area contributed by atoms with E-state index in [0.29, 0.717) is 0 Å². The molecule has 2 rings (SSSR count). The molecule has 98 valence electrons. The predicted octanol–water partition coefficient (Wildman–Crippen LogP) is 3.56. The molecule has 0 radical (unpaired) electrons. The predicted molar refractivity (Wildman–Crippen MR) is 63.1 cm³/mol. The molecule has 19 heavy (non-hydrogen) atoms. The summed E-state index contributed by atoms with van der Waals surface area (Å²) in [5.41, 5.74) is -0.771. The second-order valence-corrected chi connectivity index (χ2v) is 3.76. The molecule has 0 amide bonds. The van der Waals surface area contributed by atoms with Crippen LogP contribution in [0.5, 0.6) is 0 Å². The molecule has 0 bridgehead atoms. The van der Waals surface area contributed by atoms with Gasteiger partial charge in [0.2, 0.25) is 0 Å². The first-order valence-electron chi connectivity index (χ1n) is 5.37. The average molecular weight is 266 g/mol.